The van der Waals surface area contributed by atoms with Gasteiger partial charge < -0.3 is 20.4 Å². The van der Waals surface area contributed by atoms with Crippen LogP contribution in [0.15, 0.2) is 24.4 Å². The van der Waals surface area contributed by atoms with Crippen LogP contribution in [0.1, 0.15) is 24.3 Å². The summed E-state index contributed by atoms with van der Waals surface area (Å²) in [6.07, 6.45) is 1.76. The van der Waals surface area contributed by atoms with Gasteiger partial charge >= 0.3 is 0 Å². The molecule has 0 saturated carbocycles. The molecule has 0 aliphatic rings. The maximum atomic E-state index is 11.9. The minimum absolute atomic E-state index is 0.132. The van der Waals surface area contributed by atoms with Gasteiger partial charge in [0.2, 0.25) is 0 Å². The molecule has 0 atom stereocenters. The SMILES string of the molecule is C=C(C)COCCNC(=O)c1cc(N)cn1CC. The van der Waals surface area contributed by atoms with Gasteiger partial charge in [-0.1, -0.05) is 12.2 Å². The summed E-state index contributed by atoms with van der Waals surface area (Å²) in [4.78, 5) is 11.9. The molecular weight excluding hydrogens is 230 g/mol. The average molecular weight is 251 g/mol. The third-order valence-electron chi connectivity index (χ3n) is 2.37. The Bertz CT molecular complexity index is 424. The fourth-order valence-corrected chi connectivity index (χ4v) is 1.56. The Labute approximate surface area is 108 Å². The Hall–Kier alpha value is -1.75. The van der Waals surface area contributed by atoms with Crippen molar-refractivity contribution in [2.45, 2.75) is 20.4 Å². The summed E-state index contributed by atoms with van der Waals surface area (Å²) in [6.45, 7) is 9.78. The molecule has 0 saturated heterocycles. The molecule has 0 aliphatic carbocycles. The number of aryl methyl sites for hydroxylation is 1. The molecule has 1 amide bonds. The van der Waals surface area contributed by atoms with Crippen molar-refractivity contribution in [3.63, 3.8) is 0 Å². The van der Waals surface area contributed by atoms with E-state index < -0.39 is 0 Å². The Morgan fingerprint density at radius 1 is 1.61 bits per heavy atom. The van der Waals surface area contributed by atoms with Crippen LogP contribution >= 0.6 is 0 Å². The Balaban J connectivity index is 2.38. The highest BCUT2D eigenvalue weighted by Gasteiger charge is 2.11. The number of nitrogens with two attached hydrogens (primary N) is 1. The Kier molecular flexibility index (Phi) is 5.45. The zero-order chi connectivity index (χ0) is 13.5. The van der Waals surface area contributed by atoms with Crippen molar-refractivity contribution in [1.82, 2.24) is 9.88 Å². The number of aromatic nitrogens is 1. The number of carbonyl (C=O) groups is 1. The van der Waals surface area contributed by atoms with Crippen LogP contribution in [0.3, 0.4) is 0 Å². The minimum atomic E-state index is -0.132. The van der Waals surface area contributed by atoms with Crippen LogP contribution in [0, 0.1) is 0 Å². The molecule has 18 heavy (non-hydrogen) atoms. The molecule has 0 bridgehead atoms. The van der Waals surface area contributed by atoms with Crippen LogP contribution in [-0.2, 0) is 11.3 Å². The van der Waals surface area contributed by atoms with Gasteiger partial charge in [-0.15, -0.1) is 0 Å². The molecule has 1 aromatic heterocycles. The van der Waals surface area contributed by atoms with Gasteiger partial charge in [0.15, 0.2) is 0 Å². The Morgan fingerprint density at radius 3 is 2.94 bits per heavy atom. The van der Waals surface area contributed by atoms with E-state index in [2.05, 4.69) is 11.9 Å². The third kappa shape index (κ3) is 4.25. The lowest BCUT2D eigenvalue weighted by atomic mass is 10.3. The van der Waals surface area contributed by atoms with Crippen molar-refractivity contribution in [1.29, 1.82) is 0 Å². The molecule has 0 spiro atoms. The molecule has 0 aliphatic heterocycles. The molecular formula is C13H21N3O2. The number of carbonyl (C=O) groups excluding carboxylic acids is 1. The summed E-state index contributed by atoms with van der Waals surface area (Å²) in [5.41, 5.74) is 7.81. The second-order valence-electron chi connectivity index (χ2n) is 4.21. The van der Waals surface area contributed by atoms with Crippen LogP contribution in [0.4, 0.5) is 5.69 Å². The Morgan fingerprint density at radius 2 is 2.33 bits per heavy atom. The van der Waals surface area contributed by atoms with E-state index in [0.717, 1.165) is 5.57 Å². The molecule has 5 nitrogen and oxygen atoms in total. The quantitative estimate of drug-likeness (QED) is 0.568. The lowest BCUT2D eigenvalue weighted by molar-refractivity contribution is 0.0918. The second-order valence-corrected chi connectivity index (χ2v) is 4.21. The highest BCUT2D eigenvalue weighted by molar-refractivity contribution is 5.93. The molecule has 5 heteroatoms. The number of ether oxygens (including phenoxy) is 1. The molecule has 0 fully saturated rings. The summed E-state index contributed by atoms with van der Waals surface area (Å²) in [5.74, 6) is -0.132. The number of anilines is 1. The lowest BCUT2D eigenvalue weighted by Gasteiger charge is -2.08. The van der Waals surface area contributed by atoms with E-state index in [4.69, 9.17) is 10.5 Å². The maximum absolute atomic E-state index is 11.9. The lowest BCUT2D eigenvalue weighted by Crippen LogP contribution is -2.29. The van der Waals surface area contributed by atoms with Crippen LogP contribution in [-0.4, -0.2) is 30.2 Å². The summed E-state index contributed by atoms with van der Waals surface area (Å²) in [6, 6.07) is 1.67. The van der Waals surface area contributed by atoms with E-state index in [-0.39, 0.29) is 5.91 Å². The monoisotopic (exact) mass is 251 g/mol. The number of hydrogen-bond acceptors (Lipinski definition) is 3. The first kappa shape index (κ1) is 14.3. The number of nitrogens with one attached hydrogen (secondary N) is 1. The van der Waals surface area contributed by atoms with Crippen LogP contribution in [0.25, 0.3) is 0 Å². The summed E-state index contributed by atoms with van der Waals surface area (Å²) < 4.78 is 7.12. The smallest absolute Gasteiger partial charge is 0.268 e. The van der Waals surface area contributed by atoms with Gasteiger partial charge in [-0.25, -0.2) is 0 Å². The largest absolute Gasteiger partial charge is 0.397 e. The molecule has 0 radical (unpaired) electrons. The normalized spacial score (nSPS) is 10.3. The van der Waals surface area contributed by atoms with Gasteiger partial charge in [0.25, 0.3) is 5.91 Å². The minimum Gasteiger partial charge on any atom is -0.397 e. The molecule has 1 rings (SSSR count). The van der Waals surface area contributed by atoms with Gasteiger partial charge in [0.1, 0.15) is 5.69 Å². The van der Waals surface area contributed by atoms with E-state index in [1.807, 2.05) is 18.4 Å². The van der Waals surface area contributed by atoms with E-state index >= 15 is 0 Å². The summed E-state index contributed by atoms with van der Waals surface area (Å²) in [5, 5.41) is 2.79. The number of amides is 1. The fraction of sp³-hybridized carbons (Fsp3) is 0.462. The van der Waals surface area contributed by atoms with Gasteiger partial charge in [0, 0.05) is 19.3 Å². The van der Waals surface area contributed by atoms with Crippen molar-refractivity contribution in [3.05, 3.63) is 30.1 Å². The van der Waals surface area contributed by atoms with Crippen LogP contribution in [0.5, 0.6) is 0 Å². The zero-order valence-electron chi connectivity index (χ0n) is 11.0. The number of nitrogen functional groups attached to an aromatic ring is 1. The first-order valence-electron chi connectivity index (χ1n) is 6.00. The topological polar surface area (TPSA) is 69.3 Å². The summed E-state index contributed by atoms with van der Waals surface area (Å²) >= 11 is 0. The standard InChI is InChI=1S/C13H21N3O2/c1-4-16-8-11(14)7-12(16)13(17)15-5-6-18-9-10(2)3/h7-8H,2,4-6,9,14H2,1,3H3,(H,15,17). The van der Waals surface area contributed by atoms with Gasteiger partial charge in [0.05, 0.1) is 18.9 Å². The van der Waals surface area contributed by atoms with E-state index in [9.17, 15) is 4.79 Å². The van der Waals surface area contributed by atoms with E-state index in [1.165, 1.54) is 0 Å². The number of hydrogen-bond donors (Lipinski definition) is 2. The third-order valence-corrected chi connectivity index (χ3v) is 2.37. The molecule has 0 unspecified atom stereocenters. The van der Waals surface area contributed by atoms with E-state index in [0.29, 0.717) is 37.7 Å². The van der Waals surface area contributed by atoms with E-state index in [1.54, 1.807) is 12.3 Å². The predicted octanol–water partition coefficient (Wildman–Crippen LogP) is 1.41. The van der Waals surface area contributed by atoms with Crippen LogP contribution in [0.2, 0.25) is 0 Å². The van der Waals surface area contributed by atoms with Crippen molar-refractivity contribution in [2.24, 2.45) is 0 Å². The molecule has 0 aromatic carbocycles. The van der Waals surface area contributed by atoms with Crippen molar-refractivity contribution in [2.75, 3.05) is 25.5 Å². The van der Waals surface area contributed by atoms with Gasteiger partial charge in [-0.3, -0.25) is 4.79 Å². The maximum Gasteiger partial charge on any atom is 0.268 e. The second kappa shape index (κ2) is 6.86. The van der Waals surface area contributed by atoms with Crippen molar-refractivity contribution >= 4 is 11.6 Å². The molecule has 3 N–H and O–H groups in total. The first-order chi connectivity index (χ1) is 8.54. The van der Waals surface area contributed by atoms with Crippen molar-refractivity contribution < 1.29 is 9.53 Å². The molecule has 1 heterocycles. The highest BCUT2D eigenvalue weighted by Crippen LogP contribution is 2.10. The van der Waals surface area contributed by atoms with Gasteiger partial charge in [-0.2, -0.15) is 0 Å². The molecule has 100 valence electrons. The predicted molar refractivity (Wildman–Crippen MR) is 72.5 cm³/mol. The zero-order valence-corrected chi connectivity index (χ0v) is 11.0. The van der Waals surface area contributed by atoms with Crippen molar-refractivity contribution in [3.8, 4) is 0 Å². The summed E-state index contributed by atoms with van der Waals surface area (Å²) in [7, 11) is 0. The molecule has 1 aromatic rings. The average Bonchev–Trinajstić information content (AvgIpc) is 2.69. The highest BCUT2D eigenvalue weighted by atomic mass is 16.5. The van der Waals surface area contributed by atoms with Crippen LogP contribution < -0.4 is 11.1 Å². The first-order valence-corrected chi connectivity index (χ1v) is 6.00. The number of nitrogens with zero attached hydrogens (tertiary/aromatic N) is 1. The number of rotatable bonds is 7. The van der Waals surface area contributed by atoms with Gasteiger partial charge in [-0.05, 0) is 19.9 Å². The fourth-order valence-electron chi connectivity index (χ4n) is 1.56.